The molecule has 0 saturated carbocycles. The van der Waals surface area contributed by atoms with Crippen LogP contribution in [-0.2, 0) is 0 Å². The highest BCUT2D eigenvalue weighted by molar-refractivity contribution is 5.87. The quantitative estimate of drug-likeness (QED) is 0.632. The second kappa shape index (κ2) is 3.02. The molecule has 3 aromatic rings. The number of aromatic nitrogens is 1. The van der Waals surface area contributed by atoms with Crippen molar-refractivity contribution in [1.29, 1.82) is 0 Å². The summed E-state index contributed by atoms with van der Waals surface area (Å²) in [5.41, 5.74) is 3.47. The van der Waals surface area contributed by atoms with Crippen LogP contribution in [0.5, 0.6) is 0 Å². The van der Waals surface area contributed by atoms with Crippen molar-refractivity contribution >= 4 is 10.9 Å². The topological polar surface area (TPSA) is 28.9 Å². The van der Waals surface area contributed by atoms with Gasteiger partial charge in [0, 0.05) is 10.9 Å². The SMILES string of the molecule is Cc1cccc2cc(-c3ccco3)[nH]c12. The number of fused-ring (bicyclic) bond motifs is 1. The number of benzene rings is 1. The minimum absolute atomic E-state index is 0.880. The molecule has 0 bridgehead atoms. The van der Waals surface area contributed by atoms with E-state index in [-0.39, 0.29) is 0 Å². The maximum absolute atomic E-state index is 5.36. The fraction of sp³-hybridized carbons (Fsp3) is 0.0769. The zero-order chi connectivity index (χ0) is 10.3. The first-order valence-electron chi connectivity index (χ1n) is 4.97. The summed E-state index contributed by atoms with van der Waals surface area (Å²) >= 11 is 0. The molecule has 2 aromatic heterocycles. The Balaban J connectivity index is 2.27. The first-order chi connectivity index (χ1) is 7.34. The fourth-order valence-electron chi connectivity index (χ4n) is 1.87. The number of H-pyrrole nitrogens is 1. The maximum Gasteiger partial charge on any atom is 0.150 e. The second-order valence-corrected chi connectivity index (χ2v) is 3.70. The second-order valence-electron chi connectivity index (χ2n) is 3.70. The van der Waals surface area contributed by atoms with E-state index < -0.39 is 0 Å². The summed E-state index contributed by atoms with van der Waals surface area (Å²) in [5, 5.41) is 1.22. The van der Waals surface area contributed by atoms with Crippen LogP contribution in [-0.4, -0.2) is 4.98 Å². The summed E-state index contributed by atoms with van der Waals surface area (Å²) in [6, 6.07) is 12.2. The third kappa shape index (κ3) is 1.26. The van der Waals surface area contributed by atoms with E-state index in [1.54, 1.807) is 6.26 Å². The van der Waals surface area contributed by atoms with E-state index in [1.165, 1.54) is 16.5 Å². The molecule has 0 aliphatic rings. The molecular weight excluding hydrogens is 186 g/mol. The summed E-state index contributed by atoms with van der Waals surface area (Å²) in [5.74, 6) is 0.880. The van der Waals surface area contributed by atoms with Crippen molar-refractivity contribution in [3.05, 3.63) is 48.2 Å². The van der Waals surface area contributed by atoms with Gasteiger partial charge in [0.25, 0.3) is 0 Å². The number of para-hydroxylation sites is 1. The standard InChI is InChI=1S/C13H11NO/c1-9-4-2-5-10-8-11(14-13(9)10)12-6-3-7-15-12/h2-8,14H,1H3. The summed E-state index contributed by atoms with van der Waals surface area (Å²) in [6.07, 6.45) is 1.69. The predicted octanol–water partition coefficient (Wildman–Crippen LogP) is 3.74. The molecule has 0 saturated heterocycles. The highest BCUT2D eigenvalue weighted by atomic mass is 16.3. The number of furan rings is 1. The van der Waals surface area contributed by atoms with E-state index in [9.17, 15) is 0 Å². The van der Waals surface area contributed by atoms with E-state index in [4.69, 9.17) is 4.42 Å². The Labute approximate surface area is 87.5 Å². The van der Waals surface area contributed by atoms with Crippen molar-refractivity contribution < 1.29 is 4.42 Å². The highest BCUT2D eigenvalue weighted by Gasteiger charge is 2.06. The molecule has 0 atom stereocenters. The van der Waals surface area contributed by atoms with Gasteiger partial charge < -0.3 is 9.40 Å². The summed E-state index contributed by atoms with van der Waals surface area (Å²) in [4.78, 5) is 3.37. The molecule has 0 fully saturated rings. The lowest BCUT2D eigenvalue weighted by Crippen LogP contribution is -1.75. The van der Waals surface area contributed by atoms with E-state index in [0.717, 1.165) is 11.5 Å². The predicted molar refractivity (Wildman–Crippen MR) is 60.7 cm³/mol. The Morgan fingerprint density at radius 3 is 2.80 bits per heavy atom. The van der Waals surface area contributed by atoms with Gasteiger partial charge in [0.2, 0.25) is 0 Å². The van der Waals surface area contributed by atoms with Gasteiger partial charge in [-0.15, -0.1) is 0 Å². The molecule has 0 aliphatic carbocycles. The molecular formula is C13H11NO. The molecule has 3 rings (SSSR count). The van der Waals surface area contributed by atoms with Crippen molar-refractivity contribution in [3.8, 4) is 11.5 Å². The number of nitrogens with one attached hydrogen (secondary N) is 1. The fourth-order valence-corrected chi connectivity index (χ4v) is 1.87. The van der Waals surface area contributed by atoms with Gasteiger partial charge in [0.1, 0.15) is 5.76 Å². The molecule has 15 heavy (non-hydrogen) atoms. The third-order valence-electron chi connectivity index (χ3n) is 2.65. The number of hydrogen-bond donors (Lipinski definition) is 1. The van der Waals surface area contributed by atoms with Gasteiger partial charge in [-0.3, -0.25) is 0 Å². The van der Waals surface area contributed by atoms with Crippen molar-refractivity contribution in [2.45, 2.75) is 6.92 Å². The molecule has 1 aromatic carbocycles. The molecule has 0 radical (unpaired) electrons. The Hall–Kier alpha value is -1.96. The minimum Gasteiger partial charge on any atom is -0.463 e. The molecule has 0 spiro atoms. The first kappa shape index (κ1) is 8.36. The van der Waals surface area contributed by atoms with Crippen LogP contribution in [0.1, 0.15) is 5.56 Å². The molecule has 0 amide bonds. The van der Waals surface area contributed by atoms with Gasteiger partial charge in [-0.25, -0.2) is 0 Å². The summed E-state index contributed by atoms with van der Waals surface area (Å²) in [6.45, 7) is 2.10. The third-order valence-corrected chi connectivity index (χ3v) is 2.65. The molecule has 2 heterocycles. The normalized spacial score (nSPS) is 11.0. The number of aryl methyl sites for hydroxylation is 1. The highest BCUT2D eigenvalue weighted by Crippen LogP contribution is 2.25. The lowest BCUT2D eigenvalue weighted by atomic mass is 10.2. The summed E-state index contributed by atoms with van der Waals surface area (Å²) in [7, 11) is 0. The van der Waals surface area contributed by atoms with E-state index in [2.05, 4.69) is 36.2 Å². The van der Waals surface area contributed by atoms with Crippen LogP contribution < -0.4 is 0 Å². The van der Waals surface area contributed by atoms with E-state index in [0.29, 0.717) is 0 Å². The minimum atomic E-state index is 0.880. The lowest BCUT2D eigenvalue weighted by molar-refractivity contribution is 0.580. The zero-order valence-electron chi connectivity index (χ0n) is 8.45. The lowest BCUT2D eigenvalue weighted by Gasteiger charge is -1.93. The van der Waals surface area contributed by atoms with Crippen molar-refractivity contribution in [2.75, 3.05) is 0 Å². The molecule has 2 nitrogen and oxygen atoms in total. The Kier molecular flexibility index (Phi) is 1.68. The monoisotopic (exact) mass is 197 g/mol. The average Bonchev–Trinajstić information content (AvgIpc) is 2.86. The van der Waals surface area contributed by atoms with Crippen LogP contribution >= 0.6 is 0 Å². The van der Waals surface area contributed by atoms with Crippen LogP contribution in [0.2, 0.25) is 0 Å². The zero-order valence-corrected chi connectivity index (χ0v) is 8.45. The Morgan fingerprint density at radius 1 is 1.13 bits per heavy atom. The molecule has 1 N–H and O–H groups in total. The molecule has 0 aliphatic heterocycles. The van der Waals surface area contributed by atoms with Crippen LogP contribution in [0, 0.1) is 6.92 Å². The van der Waals surface area contributed by atoms with Crippen molar-refractivity contribution in [3.63, 3.8) is 0 Å². The van der Waals surface area contributed by atoms with Crippen LogP contribution in [0.3, 0.4) is 0 Å². The van der Waals surface area contributed by atoms with Gasteiger partial charge in [0.05, 0.1) is 12.0 Å². The van der Waals surface area contributed by atoms with Crippen LogP contribution in [0.15, 0.2) is 47.1 Å². The van der Waals surface area contributed by atoms with Gasteiger partial charge in [-0.05, 0) is 30.7 Å². The largest absolute Gasteiger partial charge is 0.463 e. The number of hydrogen-bond acceptors (Lipinski definition) is 1. The van der Waals surface area contributed by atoms with Gasteiger partial charge in [-0.2, -0.15) is 0 Å². The van der Waals surface area contributed by atoms with Crippen molar-refractivity contribution in [2.24, 2.45) is 0 Å². The van der Waals surface area contributed by atoms with Gasteiger partial charge in [0.15, 0.2) is 0 Å². The smallest absolute Gasteiger partial charge is 0.150 e. The molecule has 2 heteroatoms. The Morgan fingerprint density at radius 2 is 2.07 bits per heavy atom. The molecule has 0 unspecified atom stereocenters. The van der Waals surface area contributed by atoms with E-state index >= 15 is 0 Å². The van der Waals surface area contributed by atoms with Crippen LogP contribution in [0.25, 0.3) is 22.4 Å². The summed E-state index contributed by atoms with van der Waals surface area (Å²) < 4.78 is 5.36. The number of rotatable bonds is 1. The molecule has 74 valence electrons. The van der Waals surface area contributed by atoms with Gasteiger partial charge in [-0.1, -0.05) is 18.2 Å². The average molecular weight is 197 g/mol. The maximum atomic E-state index is 5.36. The first-order valence-corrected chi connectivity index (χ1v) is 4.97. The number of aromatic amines is 1. The Bertz CT molecular complexity index is 590. The van der Waals surface area contributed by atoms with Gasteiger partial charge >= 0.3 is 0 Å². The van der Waals surface area contributed by atoms with E-state index in [1.807, 2.05) is 12.1 Å². The van der Waals surface area contributed by atoms with Crippen molar-refractivity contribution in [1.82, 2.24) is 4.98 Å². The van der Waals surface area contributed by atoms with Crippen LogP contribution in [0.4, 0.5) is 0 Å².